The Labute approximate surface area is 192 Å². The third kappa shape index (κ3) is 3.41. The number of nitrogens with zero attached hydrogens (tertiary/aromatic N) is 3. The van der Waals surface area contributed by atoms with E-state index >= 15 is 0 Å². The van der Waals surface area contributed by atoms with Crippen molar-refractivity contribution < 1.29 is 5.11 Å². The first-order chi connectivity index (χ1) is 16.3. The van der Waals surface area contributed by atoms with Crippen LogP contribution in [0.1, 0.15) is 22.5 Å². The quantitative estimate of drug-likeness (QED) is 0.393. The molecule has 1 heterocycles. The van der Waals surface area contributed by atoms with E-state index < -0.39 is 0 Å². The number of aliphatic hydroxyl groups is 1. The Hall–Kier alpha value is -4.15. The number of hydrogen-bond acceptors (Lipinski definition) is 4. The predicted octanol–water partition coefficient (Wildman–Crippen LogP) is 5.70. The molecule has 1 N–H and O–H groups in total. The van der Waals surface area contributed by atoms with Gasteiger partial charge in [0.1, 0.15) is 11.7 Å². The van der Waals surface area contributed by atoms with Crippen LogP contribution in [-0.2, 0) is 6.61 Å². The van der Waals surface area contributed by atoms with Crippen LogP contribution in [0.5, 0.6) is 0 Å². The number of rotatable bonds is 4. The van der Waals surface area contributed by atoms with Gasteiger partial charge in [-0.15, -0.1) is 0 Å². The normalized spacial score (nSPS) is 12.4. The van der Waals surface area contributed by atoms with E-state index in [0.717, 1.165) is 44.9 Å². The highest BCUT2D eigenvalue weighted by molar-refractivity contribution is 5.86. The molecule has 4 nitrogen and oxygen atoms in total. The first kappa shape index (κ1) is 19.5. The van der Waals surface area contributed by atoms with E-state index in [1.807, 2.05) is 84.9 Å². The van der Waals surface area contributed by atoms with Gasteiger partial charge in [-0.25, -0.2) is 15.0 Å². The fourth-order valence-electron chi connectivity index (χ4n) is 4.37. The summed E-state index contributed by atoms with van der Waals surface area (Å²) in [5.41, 5.74) is 7.14. The van der Waals surface area contributed by atoms with Crippen LogP contribution in [0.2, 0.25) is 0 Å². The lowest BCUT2D eigenvalue weighted by atomic mass is 9.94. The van der Waals surface area contributed by atoms with Crippen LogP contribution in [0.4, 0.5) is 0 Å². The Morgan fingerprint density at radius 3 is 1.61 bits per heavy atom. The Bertz CT molecular complexity index is 1390. The number of fused-ring (bicyclic) bond motifs is 3. The number of hydrogen-bond donors (Lipinski definition) is 1. The van der Waals surface area contributed by atoms with Crippen molar-refractivity contribution in [2.75, 3.05) is 0 Å². The molecule has 0 saturated carbocycles. The minimum Gasteiger partial charge on any atom is -0.392 e. The van der Waals surface area contributed by atoms with Gasteiger partial charge in [-0.3, -0.25) is 0 Å². The molecule has 157 valence electrons. The van der Waals surface area contributed by atoms with Crippen LogP contribution in [0.3, 0.4) is 0 Å². The zero-order chi connectivity index (χ0) is 22.2. The topological polar surface area (TPSA) is 58.9 Å². The molecule has 0 spiro atoms. The summed E-state index contributed by atoms with van der Waals surface area (Å²) in [5.74, 6) is 2.86. The Morgan fingerprint density at radius 2 is 1.00 bits per heavy atom. The van der Waals surface area contributed by atoms with Gasteiger partial charge in [0.15, 0.2) is 11.6 Å². The summed E-state index contributed by atoms with van der Waals surface area (Å²) in [6.45, 7) is -0.0152. The van der Waals surface area contributed by atoms with Gasteiger partial charge in [-0.1, -0.05) is 103 Å². The van der Waals surface area contributed by atoms with Gasteiger partial charge in [0, 0.05) is 11.1 Å². The van der Waals surface area contributed by atoms with Crippen LogP contribution in [0.15, 0.2) is 103 Å². The van der Waals surface area contributed by atoms with Crippen molar-refractivity contribution in [2.24, 2.45) is 0 Å². The minimum absolute atomic E-state index is 0.0152. The minimum atomic E-state index is -0.0152. The monoisotopic (exact) mass is 426 g/mol. The second kappa shape index (κ2) is 8.08. The van der Waals surface area contributed by atoms with E-state index in [4.69, 9.17) is 15.0 Å². The fourth-order valence-corrected chi connectivity index (χ4v) is 4.37. The van der Waals surface area contributed by atoms with Crippen molar-refractivity contribution in [3.8, 4) is 33.9 Å². The molecule has 33 heavy (non-hydrogen) atoms. The third-order valence-electron chi connectivity index (χ3n) is 5.95. The fraction of sp³-hybridized carbons (Fsp3) is 0.0345. The van der Waals surface area contributed by atoms with Gasteiger partial charge in [-0.2, -0.15) is 0 Å². The van der Waals surface area contributed by atoms with Gasteiger partial charge < -0.3 is 5.11 Å². The third-order valence-corrected chi connectivity index (χ3v) is 5.95. The molecule has 0 amide bonds. The van der Waals surface area contributed by atoms with Gasteiger partial charge in [0.05, 0.1) is 6.61 Å². The molecule has 4 aromatic carbocycles. The second-order valence-electron chi connectivity index (χ2n) is 8.00. The van der Waals surface area contributed by atoms with Crippen molar-refractivity contribution in [3.63, 3.8) is 0 Å². The summed E-state index contributed by atoms with van der Waals surface area (Å²) < 4.78 is 0. The highest BCUT2D eigenvalue weighted by atomic mass is 16.3. The molecule has 0 bridgehead atoms. The largest absolute Gasteiger partial charge is 0.392 e. The van der Waals surface area contributed by atoms with Crippen molar-refractivity contribution in [1.29, 1.82) is 0 Å². The van der Waals surface area contributed by atoms with Crippen molar-refractivity contribution in [2.45, 2.75) is 6.61 Å². The highest BCUT2D eigenvalue weighted by Crippen LogP contribution is 2.47. The molecular weight excluding hydrogens is 406 g/mol. The lowest BCUT2D eigenvalue weighted by molar-refractivity contribution is 0.282. The molecule has 1 aliphatic rings. The molecule has 0 atom stereocenters. The standard InChI is InChI=1S/C29H20N3O/c33-18-19-15-16-23-22-13-7-8-14-24(22)26(25(23)17-19)29-31-27(20-9-3-1-4-10-20)30-28(32-29)21-11-5-2-6-12-21/h1-17,33H,18H2. The van der Waals surface area contributed by atoms with Gasteiger partial charge in [0.25, 0.3) is 0 Å². The Balaban J connectivity index is 1.61. The van der Waals surface area contributed by atoms with Crippen LogP contribution in [0, 0.1) is 5.92 Å². The lowest BCUT2D eigenvalue weighted by Crippen LogP contribution is -2.10. The summed E-state index contributed by atoms with van der Waals surface area (Å²) >= 11 is 0. The van der Waals surface area contributed by atoms with Crippen LogP contribution >= 0.6 is 0 Å². The lowest BCUT2D eigenvalue weighted by Gasteiger charge is -2.15. The van der Waals surface area contributed by atoms with E-state index in [1.165, 1.54) is 0 Å². The highest BCUT2D eigenvalue weighted by Gasteiger charge is 2.33. The Morgan fingerprint density at radius 1 is 0.485 bits per heavy atom. The molecule has 6 rings (SSSR count). The smallest absolute Gasteiger partial charge is 0.163 e. The maximum absolute atomic E-state index is 9.78. The summed E-state index contributed by atoms with van der Waals surface area (Å²) in [6.07, 6.45) is 0. The molecule has 0 unspecified atom stereocenters. The van der Waals surface area contributed by atoms with E-state index in [1.54, 1.807) is 0 Å². The second-order valence-corrected chi connectivity index (χ2v) is 8.00. The zero-order valence-corrected chi connectivity index (χ0v) is 17.8. The zero-order valence-electron chi connectivity index (χ0n) is 17.8. The van der Waals surface area contributed by atoms with E-state index in [9.17, 15) is 5.11 Å². The maximum Gasteiger partial charge on any atom is 0.163 e. The SMILES string of the molecule is OCc1ccc2c(c1)[C](c1nc(-c3ccccc3)nc(-c3ccccc3)n1)c1ccccc1-2. The Kier molecular flexibility index (Phi) is 4.78. The number of aliphatic hydroxyl groups excluding tert-OH is 1. The average Bonchev–Trinajstić information content (AvgIpc) is 3.23. The van der Waals surface area contributed by atoms with E-state index in [0.29, 0.717) is 17.5 Å². The molecule has 1 aliphatic carbocycles. The molecule has 4 heteroatoms. The summed E-state index contributed by atoms with van der Waals surface area (Å²) in [5, 5.41) is 9.78. The first-order valence-electron chi connectivity index (χ1n) is 10.9. The van der Waals surface area contributed by atoms with Crippen molar-refractivity contribution >= 4 is 0 Å². The summed E-state index contributed by atoms with van der Waals surface area (Å²) in [4.78, 5) is 14.7. The van der Waals surface area contributed by atoms with Crippen molar-refractivity contribution in [1.82, 2.24) is 15.0 Å². The molecule has 5 aromatic rings. The first-order valence-corrected chi connectivity index (χ1v) is 10.9. The molecule has 1 aromatic heterocycles. The molecule has 0 saturated heterocycles. The molecule has 0 aliphatic heterocycles. The van der Waals surface area contributed by atoms with Gasteiger partial charge >= 0.3 is 0 Å². The maximum atomic E-state index is 9.78. The van der Waals surface area contributed by atoms with E-state index in [-0.39, 0.29) is 6.61 Å². The predicted molar refractivity (Wildman–Crippen MR) is 129 cm³/mol. The summed E-state index contributed by atoms with van der Waals surface area (Å²) in [7, 11) is 0. The van der Waals surface area contributed by atoms with Gasteiger partial charge in [0.2, 0.25) is 0 Å². The van der Waals surface area contributed by atoms with Crippen LogP contribution < -0.4 is 0 Å². The summed E-state index contributed by atoms with van der Waals surface area (Å²) in [6, 6.07) is 34.4. The molecule has 0 fully saturated rings. The van der Waals surface area contributed by atoms with Gasteiger partial charge in [-0.05, 0) is 27.8 Å². The van der Waals surface area contributed by atoms with Crippen LogP contribution in [0.25, 0.3) is 33.9 Å². The average molecular weight is 426 g/mol. The molecule has 1 radical (unpaired) electrons. The van der Waals surface area contributed by atoms with E-state index in [2.05, 4.69) is 18.2 Å². The number of benzene rings is 4. The van der Waals surface area contributed by atoms with Crippen molar-refractivity contribution in [3.05, 3.63) is 132 Å². The van der Waals surface area contributed by atoms with Crippen LogP contribution in [-0.4, -0.2) is 20.1 Å². The number of aromatic nitrogens is 3. The molecular formula is C29H20N3O.